The molecule has 0 aliphatic heterocycles. The van der Waals surface area contributed by atoms with Crippen molar-refractivity contribution in [2.75, 3.05) is 17.7 Å². The van der Waals surface area contributed by atoms with Crippen molar-refractivity contribution in [2.24, 2.45) is 0 Å². The minimum Gasteiger partial charge on any atom is -0.369 e. The smallest absolute Gasteiger partial charge is 0.200 e. The van der Waals surface area contributed by atoms with Crippen molar-refractivity contribution in [1.82, 2.24) is 9.55 Å². The van der Waals surface area contributed by atoms with Crippen molar-refractivity contribution in [3.63, 3.8) is 0 Å². The number of anilines is 1. The van der Waals surface area contributed by atoms with E-state index in [4.69, 9.17) is 5.73 Å². The SMILES string of the molecule is CSCCCCn1c(C)cnc1N. The van der Waals surface area contributed by atoms with E-state index in [0.29, 0.717) is 5.95 Å². The van der Waals surface area contributed by atoms with Gasteiger partial charge in [0, 0.05) is 12.2 Å². The van der Waals surface area contributed by atoms with Gasteiger partial charge in [0.05, 0.1) is 6.20 Å². The number of aromatic nitrogens is 2. The number of thioether (sulfide) groups is 1. The summed E-state index contributed by atoms with van der Waals surface area (Å²) in [5, 5.41) is 0. The molecule has 0 fully saturated rings. The summed E-state index contributed by atoms with van der Waals surface area (Å²) < 4.78 is 2.07. The minimum absolute atomic E-state index is 0.640. The molecule has 0 bridgehead atoms. The highest BCUT2D eigenvalue weighted by Crippen LogP contribution is 2.08. The Labute approximate surface area is 83.7 Å². The Morgan fingerprint density at radius 3 is 2.85 bits per heavy atom. The molecular formula is C9H17N3S. The lowest BCUT2D eigenvalue weighted by atomic mass is 10.3. The zero-order valence-electron chi connectivity index (χ0n) is 8.29. The Kier molecular flexibility index (Phi) is 4.15. The fraction of sp³-hybridized carbons (Fsp3) is 0.667. The van der Waals surface area contributed by atoms with Gasteiger partial charge in [-0.25, -0.2) is 4.98 Å². The summed E-state index contributed by atoms with van der Waals surface area (Å²) in [5.74, 6) is 1.87. The van der Waals surface area contributed by atoms with Gasteiger partial charge >= 0.3 is 0 Å². The van der Waals surface area contributed by atoms with Crippen LogP contribution in [0, 0.1) is 6.92 Å². The van der Waals surface area contributed by atoms with Crippen LogP contribution >= 0.6 is 11.8 Å². The Balaban J connectivity index is 2.36. The summed E-state index contributed by atoms with van der Waals surface area (Å²) >= 11 is 1.89. The van der Waals surface area contributed by atoms with Gasteiger partial charge in [0.25, 0.3) is 0 Å². The van der Waals surface area contributed by atoms with Gasteiger partial charge in [-0.1, -0.05) is 0 Å². The fourth-order valence-corrected chi connectivity index (χ4v) is 1.78. The highest BCUT2D eigenvalue weighted by molar-refractivity contribution is 7.98. The van der Waals surface area contributed by atoms with Crippen LogP contribution in [0.15, 0.2) is 6.20 Å². The Morgan fingerprint density at radius 1 is 1.54 bits per heavy atom. The van der Waals surface area contributed by atoms with E-state index in [9.17, 15) is 0 Å². The third-order valence-corrected chi connectivity index (χ3v) is 2.76. The van der Waals surface area contributed by atoms with Crippen molar-refractivity contribution in [2.45, 2.75) is 26.3 Å². The second-order valence-corrected chi connectivity index (χ2v) is 4.09. The van der Waals surface area contributed by atoms with Crippen LogP contribution in [0.5, 0.6) is 0 Å². The van der Waals surface area contributed by atoms with Gasteiger partial charge in [0.2, 0.25) is 0 Å². The van der Waals surface area contributed by atoms with E-state index in [0.717, 1.165) is 12.2 Å². The molecule has 1 heterocycles. The first kappa shape index (κ1) is 10.4. The van der Waals surface area contributed by atoms with Crippen molar-refractivity contribution in [3.8, 4) is 0 Å². The van der Waals surface area contributed by atoms with Crippen LogP contribution in [0.4, 0.5) is 5.95 Å². The lowest BCUT2D eigenvalue weighted by molar-refractivity contribution is 0.630. The molecule has 1 aromatic rings. The molecule has 13 heavy (non-hydrogen) atoms. The number of imidazole rings is 1. The maximum atomic E-state index is 5.70. The molecule has 0 saturated carbocycles. The zero-order valence-corrected chi connectivity index (χ0v) is 9.10. The van der Waals surface area contributed by atoms with Crippen LogP contribution in [0.3, 0.4) is 0 Å². The fourth-order valence-electron chi connectivity index (χ4n) is 1.29. The predicted octanol–water partition coefficient (Wildman–Crippen LogP) is 1.92. The number of unbranched alkanes of at least 4 members (excludes halogenated alkanes) is 1. The molecule has 0 aliphatic rings. The van der Waals surface area contributed by atoms with Crippen molar-refractivity contribution < 1.29 is 0 Å². The number of aryl methyl sites for hydroxylation is 1. The molecule has 1 aromatic heterocycles. The van der Waals surface area contributed by atoms with E-state index >= 15 is 0 Å². The normalized spacial score (nSPS) is 10.6. The predicted molar refractivity (Wildman–Crippen MR) is 59.0 cm³/mol. The van der Waals surface area contributed by atoms with Crippen LogP contribution in [0.1, 0.15) is 18.5 Å². The highest BCUT2D eigenvalue weighted by Gasteiger charge is 2.01. The number of nitrogens with zero attached hydrogens (tertiary/aromatic N) is 2. The summed E-state index contributed by atoms with van der Waals surface area (Å²) in [6.07, 6.45) is 6.39. The maximum absolute atomic E-state index is 5.70. The molecule has 3 nitrogen and oxygen atoms in total. The van der Waals surface area contributed by atoms with Crippen molar-refractivity contribution in [3.05, 3.63) is 11.9 Å². The molecule has 0 spiro atoms. The van der Waals surface area contributed by atoms with E-state index in [1.165, 1.54) is 18.6 Å². The number of nitrogens with two attached hydrogens (primary N) is 1. The molecule has 0 atom stereocenters. The van der Waals surface area contributed by atoms with Crippen molar-refractivity contribution in [1.29, 1.82) is 0 Å². The third kappa shape index (κ3) is 2.95. The molecule has 4 heteroatoms. The first-order valence-corrected chi connectivity index (χ1v) is 5.91. The minimum atomic E-state index is 0.640. The molecular weight excluding hydrogens is 182 g/mol. The second kappa shape index (κ2) is 5.17. The van der Waals surface area contributed by atoms with Crippen LogP contribution in [-0.4, -0.2) is 21.6 Å². The van der Waals surface area contributed by atoms with Gasteiger partial charge in [0.15, 0.2) is 5.95 Å². The molecule has 2 N–H and O–H groups in total. The van der Waals surface area contributed by atoms with E-state index in [2.05, 4.69) is 15.8 Å². The lowest BCUT2D eigenvalue weighted by Crippen LogP contribution is -2.05. The standard InChI is InChI=1S/C9H17N3S/c1-8-7-11-9(10)12(8)5-3-4-6-13-2/h7H,3-6H2,1-2H3,(H2,10,11). The average molecular weight is 199 g/mol. The molecule has 0 saturated heterocycles. The summed E-state index contributed by atoms with van der Waals surface area (Å²) in [5.41, 5.74) is 6.86. The first-order chi connectivity index (χ1) is 6.25. The molecule has 0 aromatic carbocycles. The summed E-state index contributed by atoms with van der Waals surface area (Å²) in [6, 6.07) is 0. The molecule has 1 rings (SSSR count). The molecule has 0 unspecified atom stereocenters. The second-order valence-electron chi connectivity index (χ2n) is 3.11. The zero-order chi connectivity index (χ0) is 9.68. The largest absolute Gasteiger partial charge is 0.369 e. The van der Waals surface area contributed by atoms with Gasteiger partial charge < -0.3 is 10.3 Å². The lowest BCUT2D eigenvalue weighted by Gasteiger charge is -2.06. The molecule has 74 valence electrons. The van der Waals surface area contributed by atoms with Crippen LogP contribution in [-0.2, 0) is 6.54 Å². The number of rotatable bonds is 5. The Bertz CT molecular complexity index is 238. The van der Waals surface area contributed by atoms with Crippen molar-refractivity contribution >= 4 is 17.7 Å². The van der Waals surface area contributed by atoms with E-state index < -0.39 is 0 Å². The van der Waals surface area contributed by atoms with E-state index in [1.807, 2.05) is 24.9 Å². The number of hydrogen-bond acceptors (Lipinski definition) is 3. The molecule has 0 radical (unpaired) electrons. The van der Waals surface area contributed by atoms with Gasteiger partial charge in [-0.2, -0.15) is 11.8 Å². The van der Waals surface area contributed by atoms with Gasteiger partial charge in [-0.15, -0.1) is 0 Å². The van der Waals surface area contributed by atoms with Crippen LogP contribution < -0.4 is 5.73 Å². The van der Waals surface area contributed by atoms with E-state index in [1.54, 1.807) is 0 Å². The number of hydrogen-bond donors (Lipinski definition) is 1. The topological polar surface area (TPSA) is 43.8 Å². The van der Waals surface area contributed by atoms with Gasteiger partial charge in [-0.3, -0.25) is 0 Å². The highest BCUT2D eigenvalue weighted by atomic mass is 32.2. The monoisotopic (exact) mass is 199 g/mol. The summed E-state index contributed by atoms with van der Waals surface area (Å²) in [7, 11) is 0. The Hall–Kier alpha value is -0.640. The van der Waals surface area contributed by atoms with Crippen LogP contribution in [0.25, 0.3) is 0 Å². The number of nitrogen functional groups attached to an aromatic ring is 1. The summed E-state index contributed by atoms with van der Waals surface area (Å²) in [6.45, 7) is 3.04. The van der Waals surface area contributed by atoms with Gasteiger partial charge in [-0.05, 0) is 31.8 Å². The van der Waals surface area contributed by atoms with E-state index in [-0.39, 0.29) is 0 Å². The Morgan fingerprint density at radius 2 is 2.31 bits per heavy atom. The van der Waals surface area contributed by atoms with Gasteiger partial charge in [0.1, 0.15) is 0 Å². The van der Waals surface area contributed by atoms with Crippen LogP contribution in [0.2, 0.25) is 0 Å². The molecule has 0 aliphatic carbocycles. The quantitative estimate of drug-likeness (QED) is 0.737. The third-order valence-electron chi connectivity index (χ3n) is 2.07. The molecule has 0 amide bonds. The first-order valence-electron chi connectivity index (χ1n) is 4.52. The maximum Gasteiger partial charge on any atom is 0.200 e. The average Bonchev–Trinajstić information content (AvgIpc) is 2.42. The summed E-state index contributed by atoms with van der Waals surface area (Å²) in [4.78, 5) is 4.05.